The molecule has 3 aromatic carbocycles. The number of aromatic hydroxyl groups is 1. The average Bonchev–Trinajstić information content (AvgIpc) is 1.65. The summed E-state index contributed by atoms with van der Waals surface area (Å²) < 4.78 is 17.5. The SMILES string of the molecule is Cc1ccc(N(CCCN2CCC(Cc3ccc(C(N)=O)cc3)CC2)C(=O)C2CCN(C(=O)COCC(=O)NCCCCCCCCCNC(=O)COCC(=O)N[C@H]3CC[C@@]4(O)C5Cc6ccc(O)c7c6[C@@]4(CCN5C)C3O7)CC2)cc1Cl. The molecule has 7 N–H and O–H groups in total. The number of nitrogens with two attached hydrogens (primary N) is 1. The predicted octanol–water partition coefficient (Wildman–Crippen LogP) is 5.33. The standard InChI is InChI=1S/C63H87ClN8O11/c1-42-11-17-48(37-49(42)64)72(29-10-28-70-30-20-44(21-31-70)35-43-12-14-45(15-13-43)60(65)78)61(79)46-22-32-71(33-23-46)56(77)41-82-39-54(75)67-27-9-7-5-3-4-6-8-26-66-53(74)38-81-40-55(76)68-50-19-24-63(80)52-36-47-16-18-51(73)58-57(47)62(63,59(50)83-58)25-34-69(52)2/h11-18,37,44,46,50,52,59,73,80H,3-10,19-36,38-41H2,1-2H3,(H2,65,78)(H,66,74)(H,67,75)(H,68,76)/t50-,52?,59?,62-,63+/m0/s1. The van der Waals surface area contributed by atoms with E-state index in [4.69, 9.17) is 31.5 Å². The fraction of sp³-hybridized carbons (Fsp3) is 0.619. The average molecular weight is 1170 g/mol. The van der Waals surface area contributed by atoms with Crippen molar-refractivity contribution < 1.29 is 53.2 Å². The van der Waals surface area contributed by atoms with E-state index < -0.39 is 29.1 Å². The van der Waals surface area contributed by atoms with Crippen LogP contribution in [0, 0.1) is 18.8 Å². The number of amides is 6. The van der Waals surface area contributed by atoms with Crippen LogP contribution in [0.3, 0.4) is 0 Å². The Morgan fingerprint density at radius 2 is 1.42 bits per heavy atom. The number of unbranched alkanes of at least 4 members (excludes halogenated alkanes) is 6. The molecule has 3 saturated heterocycles. The van der Waals surface area contributed by atoms with Gasteiger partial charge in [-0.25, -0.2) is 0 Å². The van der Waals surface area contributed by atoms with Crippen molar-refractivity contribution >= 4 is 52.7 Å². The smallest absolute Gasteiger partial charge is 0.248 e. The first kappa shape index (κ1) is 61.7. The number of aryl methyl sites for hydroxylation is 1. The molecule has 0 radical (unpaired) electrons. The number of likely N-dealkylation sites (tertiary alicyclic amines) is 3. The van der Waals surface area contributed by atoms with Gasteiger partial charge in [0.1, 0.15) is 32.5 Å². The summed E-state index contributed by atoms with van der Waals surface area (Å²) in [4.78, 5) is 85.1. The molecule has 4 fully saturated rings. The molecule has 19 nitrogen and oxygen atoms in total. The molecule has 3 aromatic rings. The second-order valence-electron chi connectivity index (χ2n) is 24.2. The van der Waals surface area contributed by atoms with E-state index in [-0.39, 0.29) is 73.7 Å². The van der Waals surface area contributed by atoms with E-state index in [9.17, 15) is 39.0 Å². The van der Waals surface area contributed by atoms with Crippen molar-refractivity contribution in [3.8, 4) is 11.5 Å². The van der Waals surface area contributed by atoms with Gasteiger partial charge in [0.25, 0.3) is 0 Å². The van der Waals surface area contributed by atoms with Crippen LogP contribution < -0.4 is 31.3 Å². The Labute approximate surface area is 493 Å². The zero-order valence-electron chi connectivity index (χ0n) is 48.6. The Bertz CT molecular complexity index is 2770. The highest BCUT2D eigenvalue weighted by Crippen LogP contribution is 2.65. The van der Waals surface area contributed by atoms with Gasteiger partial charge in [0, 0.05) is 66.5 Å². The molecule has 9 rings (SSSR count). The van der Waals surface area contributed by atoms with Crippen molar-refractivity contribution in [3.05, 3.63) is 87.4 Å². The lowest BCUT2D eigenvalue weighted by molar-refractivity contribution is -0.187. The summed E-state index contributed by atoms with van der Waals surface area (Å²) in [5.41, 5.74) is 9.06. The third kappa shape index (κ3) is 14.6. The number of piperidine rings is 3. The maximum atomic E-state index is 14.2. The minimum absolute atomic E-state index is 0.0456. The van der Waals surface area contributed by atoms with Crippen LogP contribution in [0.5, 0.6) is 11.5 Å². The largest absolute Gasteiger partial charge is 0.504 e. The van der Waals surface area contributed by atoms with Gasteiger partial charge in [-0.2, -0.15) is 0 Å². The molecule has 4 heterocycles. The van der Waals surface area contributed by atoms with Crippen LogP contribution in [0.15, 0.2) is 54.6 Å². The number of carbonyl (C=O) groups is 6. The molecule has 6 aliphatic rings. The van der Waals surface area contributed by atoms with Gasteiger partial charge >= 0.3 is 0 Å². The summed E-state index contributed by atoms with van der Waals surface area (Å²) in [6, 6.07) is 16.5. The molecule has 83 heavy (non-hydrogen) atoms. The Morgan fingerprint density at radius 1 is 0.771 bits per heavy atom. The van der Waals surface area contributed by atoms with Crippen molar-refractivity contribution in [1.82, 2.24) is 30.7 Å². The molecular formula is C63H87ClN8O11. The van der Waals surface area contributed by atoms with E-state index in [2.05, 4.69) is 25.8 Å². The molecule has 2 aliphatic carbocycles. The van der Waals surface area contributed by atoms with Crippen molar-refractivity contribution in [1.29, 1.82) is 0 Å². The van der Waals surface area contributed by atoms with Crippen LogP contribution in [0.2, 0.25) is 5.02 Å². The quantitative estimate of drug-likeness (QED) is 0.0504. The van der Waals surface area contributed by atoms with Crippen LogP contribution in [0.25, 0.3) is 0 Å². The Morgan fingerprint density at radius 3 is 2.08 bits per heavy atom. The normalized spacial score (nSPS) is 23.2. The molecule has 1 saturated carbocycles. The number of anilines is 1. The highest BCUT2D eigenvalue weighted by Gasteiger charge is 2.72. The van der Waals surface area contributed by atoms with Gasteiger partial charge in [0.05, 0.1) is 17.1 Å². The summed E-state index contributed by atoms with van der Waals surface area (Å²) in [5.74, 6) is -0.668. The molecule has 2 bridgehead atoms. The fourth-order valence-corrected chi connectivity index (χ4v) is 14.3. The third-order valence-corrected chi connectivity index (χ3v) is 19.2. The van der Waals surface area contributed by atoms with Gasteiger partial charge in [0.15, 0.2) is 11.5 Å². The van der Waals surface area contributed by atoms with E-state index in [0.717, 1.165) is 119 Å². The van der Waals surface area contributed by atoms with E-state index in [0.29, 0.717) is 93.5 Å². The van der Waals surface area contributed by atoms with Crippen LogP contribution >= 0.6 is 11.6 Å². The van der Waals surface area contributed by atoms with E-state index in [1.165, 1.54) is 5.56 Å². The van der Waals surface area contributed by atoms with Gasteiger partial charge in [-0.1, -0.05) is 68.0 Å². The number of halogens is 1. The molecule has 0 aromatic heterocycles. The van der Waals surface area contributed by atoms with Crippen LogP contribution in [0.1, 0.15) is 129 Å². The minimum atomic E-state index is -1.05. The first-order chi connectivity index (χ1) is 40.0. The van der Waals surface area contributed by atoms with Crippen molar-refractivity contribution in [2.24, 2.45) is 17.6 Å². The number of likely N-dealkylation sites (N-methyl/N-ethyl adjacent to an activating group) is 1. The second kappa shape index (κ2) is 28.4. The summed E-state index contributed by atoms with van der Waals surface area (Å²) in [5, 5.41) is 32.6. The second-order valence-corrected chi connectivity index (χ2v) is 24.6. The molecule has 6 amide bonds. The number of nitrogens with one attached hydrogen (secondary N) is 3. The Hall–Kier alpha value is -5.83. The third-order valence-electron chi connectivity index (χ3n) is 18.8. The predicted molar refractivity (Wildman–Crippen MR) is 315 cm³/mol. The first-order valence-electron chi connectivity index (χ1n) is 30.4. The molecule has 452 valence electrons. The van der Waals surface area contributed by atoms with Crippen molar-refractivity contribution in [3.63, 3.8) is 0 Å². The summed E-state index contributed by atoms with van der Waals surface area (Å²) in [7, 11) is 2.04. The molecule has 4 aliphatic heterocycles. The van der Waals surface area contributed by atoms with Gasteiger partial charge in [-0.05, 0) is 170 Å². The number of aliphatic hydroxyl groups is 1. The van der Waals surface area contributed by atoms with Gasteiger partial charge in [-0.15, -0.1) is 0 Å². The Balaban J connectivity index is 0.573. The van der Waals surface area contributed by atoms with E-state index in [1.54, 1.807) is 23.1 Å². The summed E-state index contributed by atoms with van der Waals surface area (Å²) in [6.45, 7) is 7.14. The number of rotatable bonds is 28. The number of nitrogens with zero attached hydrogens (tertiary/aromatic N) is 4. The summed E-state index contributed by atoms with van der Waals surface area (Å²) in [6.07, 6.45) is 13.5. The molecule has 20 heteroatoms. The fourth-order valence-electron chi connectivity index (χ4n) is 14.1. The molecule has 2 unspecified atom stereocenters. The lowest BCUT2D eigenvalue weighted by Gasteiger charge is -2.63. The van der Waals surface area contributed by atoms with Crippen molar-refractivity contribution in [2.45, 2.75) is 145 Å². The highest BCUT2D eigenvalue weighted by atomic mass is 35.5. The zero-order valence-corrected chi connectivity index (χ0v) is 49.4. The number of benzene rings is 3. The van der Waals surface area contributed by atoms with E-state index >= 15 is 0 Å². The minimum Gasteiger partial charge on any atom is -0.504 e. The van der Waals surface area contributed by atoms with Gasteiger partial charge < -0.3 is 65.7 Å². The lowest BCUT2D eigenvalue weighted by atomic mass is 9.48. The number of phenols is 1. The van der Waals surface area contributed by atoms with Crippen LogP contribution in [-0.4, -0.2) is 177 Å². The summed E-state index contributed by atoms with van der Waals surface area (Å²) >= 11 is 6.57. The number of ether oxygens (including phenoxy) is 3. The van der Waals surface area contributed by atoms with Crippen LogP contribution in [0.4, 0.5) is 5.69 Å². The van der Waals surface area contributed by atoms with Crippen LogP contribution in [-0.2, 0) is 51.7 Å². The van der Waals surface area contributed by atoms with Gasteiger partial charge in [-0.3, -0.25) is 28.8 Å². The first-order valence-corrected chi connectivity index (χ1v) is 30.8. The molecular weight excluding hydrogens is 1080 g/mol. The topological polar surface area (TPSA) is 246 Å². The maximum absolute atomic E-state index is 14.2. The zero-order chi connectivity index (χ0) is 58.7. The number of hydrogen-bond acceptors (Lipinski definition) is 13. The maximum Gasteiger partial charge on any atom is 0.248 e. The number of phenolic OH excluding ortho intramolecular Hbond substituents is 1. The number of primary amides is 1. The lowest BCUT2D eigenvalue weighted by Crippen LogP contribution is -2.77. The molecule has 1 spiro atoms. The number of hydrogen-bond donors (Lipinski definition) is 6. The Kier molecular flexibility index (Phi) is 21.1. The van der Waals surface area contributed by atoms with Gasteiger partial charge in [0.2, 0.25) is 35.4 Å². The monoisotopic (exact) mass is 1170 g/mol. The molecule has 5 atom stereocenters. The number of carbonyl (C=O) groups excluding carboxylic acids is 6. The highest BCUT2D eigenvalue weighted by molar-refractivity contribution is 6.31. The van der Waals surface area contributed by atoms with Crippen molar-refractivity contribution in [2.75, 3.05) is 97.3 Å². The van der Waals surface area contributed by atoms with E-state index in [1.807, 2.05) is 55.3 Å².